The van der Waals surface area contributed by atoms with Crippen molar-refractivity contribution in [2.45, 2.75) is 12.6 Å². The first-order chi connectivity index (χ1) is 16.5. The zero-order valence-corrected chi connectivity index (χ0v) is 17.3. The minimum absolute atomic E-state index is 0.00320. The summed E-state index contributed by atoms with van der Waals surface area (Å²) in [5.74, 6) is -1.57. The highest BCUT2D eigenvalue weighted by molar-refractivity contribution is 6.01. The van der Waals surface area contributed by atoms with Crippen molar-refractivity contribution in [3.63, 3.8) is 0 Å². The normalized spacial score (nSPS) is 13.1. The standard InChI is InChI=1S/C21H13F5N6O3/c22-9-2-1-8(21(24,25)26)5-11(9)29-20(34)30-12-7-13-15(6-10(12)23)35-14-3-4-28-18-16(14)32(13)19(33)17(27)31-18/h1-2,5-7H,3-4H2,(H2,27,28,31)(H2,29,30,34). The molecule has 0 fully saturated rings. The van der Waals surface area contributed by atoms with Crippen LogP contribution in [0.15, 0.2) is 39.5 Å². The van der Waals surface area contributed by atoms with Crippen LogP contribution in [0, 0.1) is 17.0 Å². The topological polar surface area (TPSA) is 125 Å². The number of hydrogen-bond acceptors (Lipinski definition) is 6. The van der Waals surface area contributed by atoms with E-state index >= 15 is 0 Å². The van der Waals surface area contributed by atoms with Crippen molar-refractivity contribution >= 4 is 34.3 Å². The van der Waals surface area contributed by atoms with Crippen LogP contribution in [-0.2, 0) is 12.6 Å². The molecule has 2 aromatic rings. The van der Waals surface area contributed by atoms with Crippen molar-refractivity contribution in [3.8, 4) is 5.69 Å². The lowest BCUT2D eigenvalue weighted by Crippen LogP contribution is -2.39. The number of fused-ring (bicyclic) bond motifs is 2. The maximum absolute atomic E-state index is 14.8. The number of rotatable bonds is 2. The van der Waals surface area contributed by atoms with E-state index in [4.69, 9.17) is 9.83 Å². The number of alkyl halides is 3. The van der Waals surface area contributed by atoms with Gasteiger partial charge >= 0.3 is 12.2 Å². The summed E-state index contributed by atoms with van der Waals surface area (Å²) in [6.45, 7) is 0.413. The first-order valence-corrected chi connectivity index (χ1v) is 9.98. The van der Waals surface area contributed by atoms with Crippen molar-refractivity contribution in [2.75, 3.05) is 22.5 Å². The Kier molecular flexibility index (Phi) is 4.96. The van der Waals surface area contributed by atoms with Crippen LogP contribution in [0.5, 0.6) is 0 Å². The van der Waals surface area contributed by atoms with Crippen LogP contribution in [0.2, 0.25) is 0 Å². The fourth-order valence-electron chi connectivity index (χ4n) is 3.75. The first kappa shape index (κ1) is 22.3. The maximum Gasteiger partial charge on any atom is 0.416 e. The molecule has 2 amide bonds. The minimum Gasteiger partial charge on any atom is -0.457 e. The number of hydrogen-bond donors (Lipinski definition) is 4. The Labute approximate surface area is 191 Å². The number of urea groups is 1. The van der Waals surface area contributed by atoms with Crippen LogP contribution >= 0.6 is 0 Å². The van der Waals surface area contributed by atoms with E-state index in [1.807, 2.05) is 5.32 Å². The van der Waals surface area contributed by atoms with Gasteiger partial charge in [-0.2, -0.15) is 13.2 Å². The number of benzene rings is 2. The van der Waals surface area contributed by atoms with Crippen molar-refractivity contribution in [1.82, 2.24) is 9.55 Å². The summed E-state index contributed by atoms with van der Waals surface area (Å²) in [5.41, 5.74) is -3.66. The molecule has 9 nitrogen and oxygen atoms in total. The molecule has 2 aromatic carbocycles. The molecule has 35 heavy (non-hydrogen) atoms. The smallest absolute Gasteiger partial charge is 0.416 e. The molecule has 0 aromatic heterocycles. The average molecular weight is 492 g/mol. The van der Waals surface area contributed by atoms with E-state index < -0.39 is 51.8 Å². The predicted octanol–water partition coefficient (Wildman–Crippen LogP) is 3.80. The van der Waals surface area contributed by atoms with E-state index in [0.717, 1.165) is 16.7 Å². The SMILES string of the molecule is N=c1nc2c3c(oc4cc(F)c(NC(=O)Nc5cc(C(F)(F)F)ccc5F)cc4n-3c1=O)CCN2. The van der Waals surface area contributed by atoms with Gasteiger partial charge in [0, 0.05) is 19.0 Å². The fourth-order valence-corrected chi connectivity index (χ4v) is 3.75. The lowest BCUT2D eigenvalue weighted by molar-refractivity contribution is -0.137. The lowest BCUT2D eigenvalue weighted by atomic mass is 10.1. The molecule has 3 heterocycles. The summed E-state index contributed by atoms with van der Waals surface area (Å²) < 4.78 is 74.2. The van der Waals surface area contributed by atoms with Crippen LogP contribution in [-0.4, -0.2) is 22.1 Å². The molecule has 5 rings (SSSR count). The zero-order chi connectivity index (χ0) is 25.1. The number of aromatic nitrogens is 2. The second-order valence-corrected chi connectivity index (χ2v) is 7.57. The molecule has 0 bridgehead atoms. The summed E-state index contributed by atoms with van der Waals surface area (Å²) in [6, 6.07) is 2.17. The molecular weight excluding hydrogens is 479 g/mol. The molecule has 0 saturated carbocycles. The van der Waals surface area contributed by atoms with Gasteiger partial charge in [0.1, 0.15) is 17.3 Å². The van der Waals surface area contributed by atoms with Crippen molar-refractivity contribution in [1.29, 1.82) is 5.41 Å². The van der Waals surface area contributed by atoms with Crippen LogP contribution in [0.3, 0.4) is 0 Å². The van der Waals surface area contributed by atoms with Gasteiger partial charge in [-0.25, -0.2) is 18.6 Å². The van der Waals surface area contributed by atoms with E-state index in [9.17, 15) is 31.5 Å². The predicted molar refractivity (Wildman–Crippen MR) is 113 cm³/mol. The van der Waals surface area contributed by atoms with Gasteiger partial charge in [-0.3, -0.25) is 14.8 Å². The molecule has 3 aliphatic rings. The van der Waals surface area contributed by atoms with E-state index in [-0.39, 0.29) is 22.6 Å². The number of halogens is 5. The van der Waals surface area contributed by atoms with Gasteiger partial charge < -0.3 is 20.4 Å². The van der Waals surface area contributed by atoms with E-state index in [0.29, 0.717) is 36.9 Å². The number of nitrogens with one attached hydrogen (secondary N) is 4. The second-order valence-electron chi connectivity index (χ2n) is 7.57. The Hall–Kier alpha value is -4.49. The Balaban J connectivity index is 1.55. The fraction of sp³-hybridized carbons (Fsp3) is 0.143. The Morgan fingerprint density at radius 2 is 1.83 bits per heavy atom. The highest BCUT2D eigenvalue weighted by atomic mass is 19.4. The van der Waals surface area contributed by atoms with E-state index in [1.165, 1.54) is 0 Å². The molecule has 0 aliphatic carbocycles. The molecule has 0 radical (unpaired) electrons. The second kappa shape index (κ2) is 7.78. The number of amides is 2. The van der Waals surface area contributed by atoms with Gasteiger partial charge in [0.25, 0.3) is 5.56 Å². The lowest BCUT2D eigenvalue weighted by Gasteiger charge is -2.23. The van der Waals surface area contributed by atoms with Gasteiger partial charge in [0.2, 0.25) is 5.49 Å². The third kappa shape index (κ3) is 3.82. The van der Waals surface area contributed by atoms with Gasteiger partial charge in [-0.1, -0.05) is 0 Å². The third-order valence-corrected chi connectivity index (χ3v) is 5.30. The summed E-state index contributed by atoms with van der Waals surface area (Å²) in [5, 5.41) is 14.8. The van der Waals surface area contributed by atoms with Gasteiger partial charge in [-0.15, -0.1) is 0 Å². The number of nitrogens with zero attached hydrogens (tertiary/aromatic N) is 2. The minimum atomic E-state index is -4.77. The van der Waals surface area contributed by atoms with Crippen molar-refractivity contribution in [3.05, 3.63) is 69.1 Å². The van der Waals surface area contributed by atoms with E-state index in [2.05, 4.69) is 15.6 Å². The molecule has 180 valence electrons. The average Bonchev–Trinajstić information content (AvgIpc) is 2.78. The molecule has 0 spiro atoms. The maximum atomic E-state index is 14.8. The van der Waals surface area contributed by atoms with Gasteiger partial charge in [-0.05, 0) is 24.3 Å². The van der Waals surface area contributed by atoms with Gasteiger partial charge in [0.05, 0.1) is 22.5 Å². The number of carbonyl (C=O) groups is 1. The summed E-state index contributed by atoms with van der Waals surface area (Å²) >= 11 is 0. The molecule has 0 atom stereocenters. The van der Waals surface area contributed by atoms with Crippen LogP contribution in [0.1, 0.15) is 11.3 Å². The summed E-state index contributed by atoms with van der Waals surface area (Å²) in [4.78, 5) is 29.0. The molecule has 3 aliphatic heterocycles. The Morgan fingerprint density at radius 3 is 2.54 bits per heavy atom. The third-order valence-electron chi connectivity index (χ3n) is 5.30. The van der Waals surface area contributed by atoms with E-state index in [1.54, 1.807) is 0 Å². The first-order valence-electron chi connectivity index (χ1n) is 9.98. The summed E-state index contributed by atoms with van der Waals surface area (Å²) in [6.07, 6.45) is -4.42. The largest absolute Gasteiger partial charge is 0.457 e. The highest BCUT2D eigenvalue weighted by Gasteiger charge is 2.31. The quantitative estimate of drug-likeness (QED) is 0.250. The van der Waals surface area contributed by atoms with Gasteiger partial charge in [0.15, 0.2) is 17.2 Å². The van der Waals surface area contributed by atoms with Crippen molar-refractivity contribution < 1.29 is 31.2 Å². The van der Waals surface area contributed by atoms with Crippen LogP contribution < -0.4 is 27.0 Å². The van der Waals surface area contributed by atoms with Crippen LogP contribution in [0.25, 0.3) is 16.8 Å². The molecule has 14 heteroatoms. The number of carbonyl (C=O) groups excluding carboxylic acids is 1. The summed E-state index contributed by atoms with van der Waals surface area (Å²) in [7, 11) is 0. The molecular formula is C21H13F5N6O3. The molecule has 0 unspecified atom stereocenters. The van der Waals surface area contributed by atoms with Crippen molar-refractivity contribution in [2.24, 2.45) is 0 Å². The Morgan fingerprint density at radius 1 is 1.11 bits per heavy atom. The monoisotopic (exact) mass is 492 g/mol. The highest BCUT2D eigenvalue weighted by Crippen LogP contribution is 2.34. The molecule has 4 N–H and O–H groups in total. The van der Waals surface area contributed by atoms with Crippen LogP contribution in [0.4, 0.5) is 43.9 Å². The number of anilines is 3. The Bertz CT molecular complexity index is 1610. The molecule has 0 saturated heterocycles. The zero-order valence-electron chi connectivity index (χ0n) is 17.3.